The highest BCUT2D eigenvalue weighted by Gasteiger charge is 2.40. The average molecular weight is 437 g/mol. The van der Waals surface area contributed by atoms with E-state index in [9.17, 15) is 9.59 Å². The van der Waals surface area contributed by atoms with E-state index in [0.717, 1.165) is 30.5 Å². The number of ether oxygens (including phenoxy) is 1. The molecule has 4 rings (SSSR count). The van der Waals surface area contributed by atoms with Gasteiger partial charge in [-0.25, -0.2) is 9.97 Å². The van der Waals surface area contributed by atoms with Crippen LogP contribution in [0.4, 0.5) is 5.82 Å². The van der Waals surface area contributed by atoms with Gasteiger partial charge in [0.25, 0.3) is 5.91 Å². The molecule has 1 atom stereocenters. The van der Waals surface area contributed by atoms with Crippen LogP contribution in [0.25, 0.3) is 0 Å². The molecule has 0 aliphatic carbocycles. The highest BCUT2D eigenvalue weighted by molar-refractivity contribution is 5.95. The Labute approximate surface area is 189 Å². The van der Waals surface area contributed by atoms with Crippen LogP contribution < -0.4 is 4.90 Å². The van der Waals surface area contributed by atoms with Crippen molar-refractivity contribution in [2.45, 2.75) is 64.5 Å². The SMILES string of the molecule is COC(C)(C)C(=O)N1CCCC1c1nc(C)c2c(n1)N(CCc1ccccc1)C(=O)CC2. The second-order valence-corrected chi connectivity index (χ2v) is 9.12. The number of benzene rings is 1. The zero-order valence-electron chi connectivity index (χ0n) is 19.4. The third kappa shape index (κ3) is 4.26. The molecule has 1 aromatic carbocycles. The first-order valence-electron chi connectivity index (χ1n) is 11.4. The van der Waals surface area contributed by atoms with Crippen LogP contribution in [0.1, 0.15) is 61.8 Å². The number of rotatable bonds is 6. The van der Waals surface area contributed by atoms with Crippen LogP contribution in [0, 0.1) is 6.92 Å². The Morgan fingerprint density at radius 1 is 1.19 bits per heavy atom. The van der Waals surface area contributed by atoms with Crippen molar-refractivity contribution in [1.29, 1.82) is 0 Å². The Bertz CT molecular complexity index is 1010. The van der Waals surface area contributed by atoms with E-state index in [1.54, 1.807) is 21.0 Å². The monoisotopic (exact) mass is 436 g/mol. The normalized spacial score (nSPS) is 18.8. The summed E-state index contributed by atoms with van der Waals surface area (Å²) in [7, 11) is 1.55. The number of hydrogen-bond acceptors (Lipinski definition) is 5. The van der Waals surface area contributed by atoms with Crippen LogP contribution in [0.3, 0.4) is 0 Å². The molecule has 7 heteroatoms. The van der Waals surface area contributed by atoms with E-state index in [1.807, 2.05) is 34.9 Å². The predicted octanol–water partition coefficient (Wildman–Crippen LogP) is 3.40. The summed E-state index contributed by atoms with van der Waals surface area (Å²) in [5.74, 6) is 1.37. The van der Waals surface area contributed by atoms with Gasteiger partial charge in [0.1, 0.15) is 11.4 Å². The molecule has 1 saturated heterocycles. The van der Waals surface area contributed by atoms with Gasteiger partial charge in [0.05, 0.1) is 6.04 Å². The first kappa shape index (κ1) is 22.4. The van der Waals surface area contributed by atoms with Crippen LogP contribution in [0.15, 0.2) is 30.3 Å². The smallest absolute Gasteiger partial charge is 0.254 e. The lowest BCUT2D eigenvalue weighted by Gasteiger charge is -2.33. The Hall–Kier alpha value is -2.80. The lowest BCUT2D eigenvalue weighted by molar-refractivity contribution is -0.152. The molecule has 1 unspecified atom stereocenters. The van der Waals surface area contributed by atoms with Crippen molar-refractivity contribution in [3.63, 3.8) is 0 Å². The number of nitrogens with zero attached hydrogens (tertiary/aromatic N) is 4. The molecule has 1 fully saturated rings. The van der Waals surface area contributed by atoms with E-state index in [1.165, 1.54) is 5.56 Å². The lowest BCUT2D eigenvalue weighted by atomic mass is 10.0. The van der Waals surface area contributed by atoms with Crippen LogP contribution in [0.5, 0.6) is 0 Å². The molecule has 0 radical (unpaired) electrons. The summed E-state index contributed by atoms with van der Waals surface area (Å²) in [5.41, 5.74) is 2.22. The van der Waals surface area contributed by atoms with Crippen molar-refractivity contribution >= 4 is 17.6 Å². The van der Waals surface area contributed by atoms with Crippen molar-refractivity contribution in [3.05, 3.63) is 53.0 Å². The fourth-order valence-corrected chi connectivity index (χ4v) is 4.58. The zero-order chi connectivity index (χ0) is 22.9. The van der Waals surface area contributed by atoms with E-state index in [2.05, 4.69) is 12.1 Å². The highest BCUT2D eigenvalue weighted by Crippen LogP contribution is 2.36. The van der Waals surface area contributed by atoms with Crippen molar-refractivity contribution < 1.29 is 14.3 Å². The number of hydrogen-bond donors (Lipinski definition) is 0. The topological polar surface area (TPSA) is 75.6 Å². The first-order valence-corrected chi connectivity index (χ1v) is 11.4. The van der Waals surface area contributed by atoms with Crippen molar-refractivity contribution in [1.82, 2.24) is 14.9 Å². The maximum Gasteiger partial charge on any atom is 0.254 e. The van der Waals surface area contributed by atoms with Crippen LogP contribution in [-0.4, -0.2) is 52.5 Å². The second kappa shape index (κ2) is 8.98. The molecule has 2 aliphatic rings. The van der Waals surface area contributed by atoms with Gasteiger partial charge >= 0.3 is 0 Å². The summed E-state index contributed by atoms with van der Waals surface area (Å²) in [6.07, 6.45) is 3.60. The van der Waals surface area contributed by atoms with Crippen LogP contribution >= 0.6 is 0 Å². The minimum Gasteiger partial charge on any atom is -0.369 e. The summed E-state index contributed by atoms with van der Waals surface area (Å²) in [6, 6.07) is 9.97. The Morgan fingerprint density at radius 3 is 2.66 bits per heavy atom. The number of likely N-dealkylation sites (tertiary alicyclic amines) is 1. The van der Waals surface area contributed by atoms with E-state index in [0.29, 0.717) is 37.6 Å². The van der Waals surface area contributed by atoms with Crippen molar-refractivity contribution in [2.75, 3.05) is 25.1 Å². The Kier molecular flexibility index (Phi) is 6.29. The minimum absolute atomic E-state index is 0.0570. The molecular weight excluding hydrogens is 404 g/mol. The van der Waals surface area contributed by atoms with E-state index < -0.39 is 5.60 Å². The summed E-state index contributed by atoms with van der Waals surface area (Å²) >= 11 is 0. The van der Waals surface area contributed by atoms with Gasteiger partial charge in [-0.1, -0.05) is 30.3 Å². The lowest BCUT2D eigenvalue weighted by Crippen LogP contribution is -2.46. The van der Waals surface area contributed by atoms with Gasteiger partial charge in [0.15, 0.2) is 5.82 Å². The summed E-state index contributed by atoms with van der Waals surface area (Å²) in [6.45, 7) is 6.79. The quantitative estimate of drug-likeness (QED) is 0.694. The number of aromatic nitrogens is 2. The van der Waals surface area contributed by atoms with Gasteiger partial charge in [-0.15, -0.1) is 0 Å². The molecule has 0 N–H and O–H groups in total. The molecule has 0 bridgehead atoms. The number of carbonyl (C=O) groups excluding carboxylic acids is 2. The molecule has 170 valence electrons. The van der Waals surface area contributed by atoms with Gasteiger partial charge in [-0.3, -0.25) is 14.5 Å². The summed E-state index contributed by atoms with van der Waals surface area (Å²) in [4.78, 5) is 39.3. The maximum atomic E-state index is 13.1. The number of amides is 2. The van der Waals surface area contributed by atoms with Gasteiger partial charge in [-0.05, 0) is 52.0 Å². The van der Waals surface area contributed by atoms with Gasteiger partial charge in [-0.2, -0.15) is 0 Å². The Morgan fingerprint density at radius 2 is 1.94 bits per heavy atom. The van der Waals surface area contributed by atoms with Gasteiger partial charge in [0, 0.05) is 37.9 Å². The first-order chi connectivity index (χ1) is 15.3. The molecule has 0 saturated carbocycles. The maximum absolute atomic E-state index is 13.1. The number of methoxy groups -OCH3 is 1. The minimum atomic E-state index is -0.899. The molecule has 2 aromatic rings. The number of aryl methyl sites for hydroxylation is 1. The fraction of sp³-hybridized carbons (Fsp3) is 0.520. The van der Waals surface area contributed by atoms with E-state index in [-0.39, 0.29) is 17.9 Å². The molecule has 2 aliphatic heterocycles. The largest absolute Gasteiger partial charge is 0.369 e. The van der Waals surface area contributed by atoms with E-state index in [4.69, 9.17) is 14.7 Å². The third-order valence-corrected chi connectivity index (χ3v) is 6.66. The molecule has 32 heavy (non-hydrogen) atoms. The van der Waals surface area contributed by atoms with Gasteiger partial charge in [0.2, 0.25) is 5.91 Å². The summed E-state index contributed by atoms with van der Waals surface area (Å²) in [5, 5.41) is 0. The fourth-order valence-electron chi connectivity index (χ4n) is 4.58. The van der Waals surface area contributed by atoms with Gasteiger partial charge < -0.3 is 9.64 Å². The number of fused-ring (bicyclic) bond motifs is 1. The number of carbonyl (C=O) groups is 2. The van der Waals surface area contributed by atoms with Crippen molar-refractivity contribution in [2.24, 2.45) is 0 Å². The molecule has 0 spiro atoms. The third-order valence-electron chi connectivity index (χ3n) is 6.66. The molecular formula is C25H32N4O3. The highest BCUT2D eigenvalue weighted by atomic mass is 16.5. The predicted molar refractivity (Wildman–Crippen MR) is 122 cm³/mol. The standard InChI is InChI=1S/C25H32N4O3/c1-17-19-12-13-21(30)29(16-14-18-9-6-5-7-10-18)23(19)27-22(26-17)20-11-8-15-28(20)24(31)25(2,3)32-4/h5-7,9-10,20H,8,11-16H2,1-4H3. The second-order valence-electron chi connectivity index (χ2n) is 9.12. The Balaban J connectivity index is 1.65. The van der Waals surface area contributed by atoms with Crippen LogP contribution in [-0.2, 0) is 27.2 Å². The summed E-state index contributed by atoms with van der Waals surface area (Å²) < 4.78 is 5.43. The zero-order valence-corrected chi connectivity index (χ0v) is 19.4. The van der Waals surface area contributed by atoms with E-state index >= 15 is 0 Å². The van der Waals surface area contributed by atoms with Crippen LogP contribution in [0.2, 0.25) is 0 Å². The molecule has 2 amide bonds. The molecule has 3 heterocycles. The average Bonchev–Trinajstić information content (AvgIpc) is 3.28. The van der Waals surface area contributed by atoms with Crippen molar-refractivity contribution in [3.8, 4) is 0 Å². The molecule has 1 aromatic heterocycles. The number of anilines is 1. The molecule has 7 nitrogen and oxygen atoms in total.